The molecule has 0 aromatic heterocycles. The molecule has 6 heteroatoms. The second-order valence-electron chi connectivity index (χ2n) is 6.12. The van der Waals surface area contributed by atoms with E-state index >= 15 is 0 Å². The molecule has 26 heavy (non-hydrogen) atoms. The summed E-state index contributed by atoms with van der Waals surface area (Å²) in [5, 5.41) is 5.39. The summed E-state index contributed by atoms with van der Waals surface area (Å²) in [6.07, 6.45) is 0. The Labute approximate surface area is 152 Å². The van der Waals surface area contributed by atoms with Crippen LogP contribution in [0.15, 0.2) is 60.7 Å². The molecule has 2 aromatic carbocycles. The number of ether oxygens (including phenoxy) is 2. The van der Waals surface area contributed by atoms with E-state index in [4.69, 9.17) is 9.47 Å². The average molecular weight is 354 g/mol. The number of carbonyl (C=O) groups excluding carboxylic acids is 2. The van der Waals surface area contributed by atoms with Gasteiger partial charge in [-0.1, -0.05) is 60.7 Å². The van der Waals surface area contributed by atoms with Crippen LogP contribution in [0.3, 0.4) is 0 Å². The number of hydrogen-bond donors (Lipinski definition) is 2. The normalized spacial score (nSPS) is 19.7. The molecule has 2 amide bonds. The van der Waals surface area contributed by atoms with Crippen LogP contribution in [0.5, 0.6) is 0 Å². The first-order valence-corrected chi connectivity index (χ1v) is 8.56. The highest BCUT2D eigenvalue weighted by Crippen LogP contribution is 2.05. The zero-order chi connectivity index (χ0) is 18.2. The summed E-state index contributed by atoms with van der Waals surface area (Å²) in [5.74, 6) is -0.517. The second kappa shape index (κ2) is 9.12. The van der Waals surface area contributed by atoms with Gasteiger partial charge in [-0.25, -0.2) is 0 Å². The van der Waals surface area contributed by atoms with Crippen LogP contribution < -0.4 is 10.6 Å². The fourth-order valence-corrected chi connectivity index (χ4v) is 2.65. The minimum Gasteiger partial charge on any atom is -0.374 e. The van der Waals surface area contributed by atoms with Crippen LogP contribution in [0.4, 0.5) is 0 Å². The fourth-order valence-electron chi connectivity index (χ4n) is 2.65. The highest BCUT2D eigenvalue weighted by atomic mass is 16.5. The molecule has 0 radical (unpaired) electrons. The summed E-state index contributed by atoms with van der Waals surface area (Å²) in [5.41, 5.74) is 2.03. The standard InChI is InChI=1S/C20H22N2O4/c23-19-17(13-25-11-15-7-3-1-4-8-15)21-20(24)18(22-19)14-26-12-16-9-5-2-6-10-16/h1-10,17-18H,11-14H2,(H,21,24)(H,22,23). The molecule has 0 bridgehead atoms. The van der Waals surface area contributed by atoms with Crippen molar-refractivity contribution >= 4 is 11.8 Å². The topological polar surface area (TPSA) is 76.7 Å². The van der Waals surface area contributed by atoms with E-state index in [1.807, 2.05) is 60.7 Å². The summed E-state index contributed by atoms with van der Waals surface area (Å²) >= 11 is 0. The lowest BCUT2D eigenvalue weighted by atomic mass is 10.1. The lowest BCUT2D eigenvalue weighted by molar-refractivity contribution is -0.140. The molecule has 2 aromatic rings. The van der Waals surface area contributed by atoms with E-state index in [1.165, 1.54) is 0 Å². The Kier molecular flexibility index (Phi) is 6.35. The van der Waals surface area contributed by atoms with Crippen molar-refractivity contribution in [2.75, 3.05) is 13.2 Å². The summed E-state index contributed by atoms with van der Waals surface area (Å²) in [4.78, 5) is 24.3. The van der Waals surface area contributed by atoms with Crippen LogP contribution >= 0.6 is 0 Å². The number of benzene rings is 2. The van der Waals surface area contributed by atoms with Gasteiger partial charge < -0.3 is 20.1 Å². The van der Waals surface area contributed by atoms with E-state index in [1.54, 1.807) is 0 Å². The lowest BCUT2D eigenvalue weighted by Gasteiger charge is -2.29. The number of rotatable bonds is 8. The maximum absolute atomic E-state index is 12.2. The van der Waals surface area contributed by atoms with E-state index in [0.29, 0.717) is 13.2 Å². The summed E-state index contributed by atoms with van der Waals surface area (Å²) in [6.45, 7) is 1.04. The molecule has 6 nitrogen and oxygen atoms in total. The average Bonchev–Trinajstić information content (AvgIpc) is 2.67. The molecule has 3 rings (SSSR count). The Morgan fingerprint density at radius 2 is 1.04 bits per heavy atom. The molecule has 136 valence electrons. The van der Waals surface area contributed by atoms with Crippen LogP contribution in [-0.2, 0) is 32.3 Å². The van der Waals surface area contributed by atoms with Crippen molar-refractivity contribution in [3.05, 3.63) is 71.8 Å². The zero-order valence-electron chi connectivity index (χ0n) is 14.4. The molecule has 1 aliphatic rings. The second-order valence-corrected chi connectivity index (χ2v) is 6.12. The van der Waals surface area contributed by atoms with Gasteiger partial charge in [-0.2, -0.15) is 0 Å². The van der Waals surface area contributed by atoms with E-state index in [9.17, 15) is 9.59 Å². The van der Waals surface area contributed by atoms with Crippen molar-refractivity contribution in [1.29, 1.82) is 0 Å². The molecule has 1 fully saturated rings. The molecule has 1 heterocycles. The predicted octanol–water partition coefficient (Wildman–Crippen LogP) is 1.40. The largest absolute Gasteiger partial charge is 0.374 e. The summed E-state index contributed by atoms with van der Waals surface area (Å²) < 4.78 is 11.1. The maximum Gasteiger partial charge on any atom is 0.245 e. The van der Waals surface area contributed by atoms with Crippen LogP contribution in [0.1, 0.15) is 11.1 Å². The Morgan fingerprint density at radius 3 is 1.42 bits per heavy atom. The van der Waals surface area contributed by atoms with Gasteiger partial charge in [0.15, 0.2) is 0 Å². The van der Waals surface area contributed by atoms with Gasteiger partial charge >= 0.3 is 0 Å². The van der Waals surface area contributed by atoms with Crippen molar-refractivity contribution in [1.82, 2.24) is 10.6 Å². The van der Waals surface area contributed by atoms with Crippen LogP contribution in [0.25, 0.3) is 0 Å². The van der Waals surface area contributed by atoms with Crippen LogP contribution in [0.2, 0.25) is 0 Å². The molecular formula is C20H22N2O4. The highest BCUT2D eigenvalue weighted by molar-refractivity contribution is 5.97. The number of piperazine rings is 1. The van der Waals surface area contributed by atoms with Crippen molar-refractivity contribution < 1.29 is 19.1 Å². The third-order valence-corrected chi connectivity index (χ3v) is 4.06. The highest BCUT2D eigenvalue weighted by Gasteiger charge is 2.33. The zero-order valence-corrected chi connectivity index (χ0v) is 14.4. The Bertz CT molecular complexity index is 658. The number of amides is 2. The number of carbonyl (C=O) groups is 2. The Morgan fingerprint density at radius 1 is 0.654 bits per heavy atom. The third kappa shape index (κ3) is 5.15. The van der Waals surface area contributed by atoms with Crippen molar-refractivity contribution in [3.8, 4) is 0 Å². The van der Waals surface area contributed by atoms with Crippen molar-refractivity contribution in [2.45, 2.75) is 25.3 Å². The van der Waals surface area contributed by atoms with Crippen LogP contribution in [0, 0.1) is 0 Å². The number of nitrogens with one attached hydrogen (secondary N) is 2. The minimum atomic E-state index is -0.684. The van der Waals surface area contributed by atoms with Gasteiger partial charge in [0.25, 0.3) is 0 Å². The molecule has 2 N–H and O–H groups in total. The third-order valence-electron chi connectivity index (χ3n) is 4.06. The molecule has 2 unspecified atom stereocenters. The molecule has 0 aliphatic carbocycles. The quantitative estimate of drug-likeness (QED) is 0.751. The molecule has 2 atom stereocenters. The van der Waals surface area contributed by atoms with Gasteiger partial charge in [0.05, 0.1) is 26.4 Å². The van der Waals surface area contributed by atoms with E-state index in [2.05, 4.69) is 10.6 Å². The smallest absolute Gasteiger partial charge is 0.245 e. The van der Waals surface area contributed by atoms with Crippen molar-refractivity contribution in [2.24, 2.45) is 0 Å². The first kappa shape index (κ1) is 18.1. The summed E-state index contributed by atoms with van der Waals surface area (Å²) in [6, 6.07) is 18.0. The van der Waals surface area contributed by atoms with Gasteiger partial charge in [-0.3, -0.25) is 9.59 Å². The van der Waals surface area contributed by atoms with E-state index in [-0.39, 0.29) is 25.0 Å². The van der Waals surface area contributed by atoms with Crippen LogP contribution in [-0.4, -0.2) is 37.1 Å². The van der Waals surface area contributed by atoms with Gasteiger partial charge in [0, 0.05) is 0 Å². The first-order chi connectivity index (χ1) is 12.7. The van der Waals surface area contributed by atoms with Gasteiger partial charge in [-0.05, 0) is 11.1 Å². The van der Waals surface area contributed by atoms with Gasteiger partial charge in [0.2, 0.25) is 11.8 Å². The molecule has 0 spiro atoms. The van der Waals surface area contributed by atoms with Gasteiger partial charge in [0.1, 0.15) is 12.1 Å². The Hall–Kier alpha value is -2.70. The monoisotopic (exact) mass is 354 g/mol. The van der Waals surface area contributed by atoms with E-state index in [0.717, 1.165) is 11.1 Å². The molecular weight excluding hydrogens is 332 g/mol. The molecule has 0 saturated carbocycles. The lowest BCUT2D eigenvalue weighted by Crippen LogP contribution is -2.64. The fraction of sp³-hybridized carbons (Fsp3) is 0.300. The predicted molar refractivity (Wildman–Crippen MR) is 96.1 cm³/mol. The van der Waals surface area contributed by atoms with E-state index < -0.39 is 12.1 Å². The van der Waals surface area contributed by atoms with Crippen molar-refractivity contribution in [3.63, 3.8) is 0 Å². The van der Waals surface area contributed by atoms with Gasteiger partial charge in [-0.15, -0.1) is 0 Å². The summed E-state index contributed by atoms with van der Waals surface area (Å²) in [7, 11) is 0. The maximum atomic E-state index is 12.2. The number of hydrogen-bond acceptors (Lipinski definition) is 4. The first-order valence-electron chi connectivity index (χ1n) is 8.56. The Balaban J connectivity index is 1.40. The molecule has 1 aliphatic heterocycles. The SMILES string of the molecule is O=C1NC(COCc2ccccc2)C(=O)NC1COCc1ccccc1. The minimum absolute atomic E-state index is 0.129. The molecule has 1 saturated heterocycles.